The Morgan fingerprint density at radius 1 is 0.611 bits per heavy atom. The van der Waals surface area contributed by atoms with Crippen molar-refractivity contribution < 1.29 is 48.6 Å². The topological polar surface area (TPSA) is 9.23 Å². The summed E-state index contributed by atoms with van der Waals surface area (Å²) >= 11 is 0. The molecule has 0 aromatic rings. The molecular formula is C7H6F10O. The van der Waals surface area contributed by atoms with Crippen LogP contribution in [0, 0.1) is 0 Å². The Hall–Kier alpha value is -0.740. The van der Waals surface area contributed by atoms with Gasteiger partial charge in [-0.05, 0) is 13.8 Å². The summed E-state index contributed by atoms with van der Waals surface area (Å²) in [6.07, 6.45) is -13.3. The third-order valence-electron chi connectivity index (χ3n) is 1.49. The van der Waals surface area contributed by atoms with Gasteiger partial charge in [0, 0.05) is 0 Å². The molecule has 0 saturated heterocycles. The first-order valence-electron chi connectivity index (χ1n) is 4.05. The highest BCUT2D eigenvalue weighted by molar-refractivity contribution is 4.97. The summed E-state index contributed by atoms with van der Waals surface area (Å²) in [5, 5.41) is 0. The second kappa shape index (κ2) is 4.14. The molecule has 0 aliphatic heterocycles. The van der Waals surface area contributed by atoms with Gasteiger partial charge in [-0.25, -0.2) is 4.39 Å². The van der Waals surface area contributed by atoms with Crippen LogP contribution in [0.5, 0.6) is 0 Å². The van der Waals surface area contributed by atoms with Crippen molar-refractivity contribution in [3.8, 4) is 0 Å². The molecule has 0 aromatic heterocycles. The fraction of sp³-hybridized carbons (Fsp3) is 1.00. The summed E-state index contributed by atoms with van der Waals surface area (Å²) in [7, 11) is 0. The van der Waals surface area contributed by atoms with Crippen molar-refractivity contribution in [3.63, 3.8) is 0 Å². The molecule has 110 valence electrons. The van der Waals surface area contributed by atoms with Crippen LogP contribution in [0.1, 0.15) is 13.8 Å². The molecule has 0 rings (SSSR count). The highest BCUT2D eigenvalue weighted by Crippen LogP contribution is 2.54. The maximum atomic E-state index is 12.5. The minimum atomic E-state index is -7.09. The maximum absolute atomic E-state index is 12.5. The highest BCUT2D eigenvalue weighted by Gasteiger charge is 2.83. The first-order valence-corrected chi connectivity index (χ1v) is 4.05. The zero-order chi connectivity index (χ0) is 15.2. The molecule has 0 aromatic carbocycles. The Morgan fingerprint density at radius 3 is 1.17 bits per heavy atom. The van der Waals surface area contributed by atoms with Gasteiger partial charge in [-0.2, -0.15) is 39.5 Å². The van der Waals surface area contributed by atoms with Crippen LogP contribution >= 0.6 is 0 Å². The number of halogens is 10. The molecule has 11 heteroatoms. The highest BCUT2D eigenvalue weighted by atomic mass is 19.4. The van der Waals surface area contributed by atoms with E-state index in [1.807, 2.05) is 0 Å². The van der Waals surface area contributed by atoms with E-state index < -0.39 is 30.0 Å². The molecule has 1 nitrogen and oxygen atoms in total. The van der Waals surface area contributed by atoms with Gasteiger partial charge in [-0.1, -0.05) is 0 Å². The van der Waals surface area contributed by atoms with Crippen LogP contribution < -0.4 is 0 Å². The van der Waals surface area contributed by atoms with Gasteiger partial charge in [-0.15, -0.1) is 0 Å². The molecular weight excluding hydrogens is 290 g/mol. The quantitative estimate of drug-likeness (QED) is 0.709. The normalized spacial score (nSPS) is 16.0. The monoisotopic (exact) mass is 296 g/mol. The van der Waals surface area contributed by atoms with Crippen molar-refractivity contribution in [1.82, 2.24) is 0 Å². The van der Waals surface area contributed by atoms with Gasteiger partial charge in [0.05, 0.1) is 0 Å². The molecule has 0 atom stereocenters. The Balaban J connectivity index is 5.50. The molecule has 0 N–H and O–H groups in total. The molecule has 0 heterocycles. The molecule has 0 aliphatic carbocycles. The predicted molar refractivity (Wildman–Crippen MR) is 37.2 cm³/mol. The Labute approximate surface area is 93.7 Å². The summed E-state index contributed by atoms with van der Waals surface area (Å²) < 4.78 is 124. The maximum Gasteiger partial charge on any atom is 0.460 e. The van der Waals surface area contributed by atoms with Gasteiger partial charge < -0.3 is 0 Å². The molecule has 0 radical (unpaired) electrons. The summed E-state index contributed by atoms with van der Waals surface area (Å²) in [6, 6.07) is 0. The lowest BCUT2D eigenvalue weighted by Gasteiger charge is -2.34. The van der Waals surface area contributed by atoms with Gasteiger partial charge in [0.1, 0.15) is 0 Å². The number of hydrogen-bond acceptors (Lipinski definition) is 1. The average molecular weight is 296 g/mol. The second-order valence-corrected chi connectivity index (χ2v) is 3.63. The third kappa shape index (κ3) is 2.98. The van der Waals surface area contributed by atoms with Gasteiger partial charge in [0.2, 0.25) is 5.85 Å². The van der Waals surface area contributed by atoms with Crippen molar-refractivity contribution in [2.24, 2.45) is 0 Å². The van der Waals surface area contributed by atoms with Crippen molar-refractivity contribution >= 4 is 0 Å². The van der Waals surface area contributed by atoms with Crippen molar-refractivity contribution in [2.75, 3.05) is 0 Å². The lowest BCUT2D eigenvalue weighted by atomic mass is 10.1. The standard InChI is InChI=1S/C7H6F10O/c1-3(2,8)18-7(16,17)5(11,12)4(9,10)6(13,14)15/h1-2H3. The van der Waals surface area contributed by atoms with Crippen LogP contribution in [-0.4, -0.2) is 30.0 Å². The summed E-state index contributed by atoms with van der Waals surface area (Å²) in [5.41, 5.74) is 0. The van der Waals surface area contributed by atoms with Crippen LogP contribution in [0.4, 0.5) is 43.9 Å². The van der Waals surface area contributed by atoms with Crippen molar-refractivity contribution in [1.29, 1.82) is 0 Å². The van der Waals surface area contributed by atoms with Gasteiger partial charge in [-0.3, -0.25) is 4.74 Å². The predicted octanol–water partition coefficient (Wildman–Crippen LogP) is 4.13. The minimum Gasteiger partial charge on any atom is -0.279 e. The first-order chi connectivity index (χ1) is 7.46. The van der Waals surface area contributed by atoms with E-state index in [2.05, 4.69) is 4.74 Å². The zero-order valence-electron chi connectivity index (χ0n) is 8.69. The lowest BCUT2D eigenvalue weighted by molar-refractivity contribution is -0.464. The van der Waals surface area contributed by atoms with E-state index in [0.29, 0.717) is 0 Å². The fourth-order valence-electron chi connectivity index (χ4n) is 0.730. The molecule has 0 aliphatic rings. The molecule has 0 unspecified atom stereocenters. The largest absolute Gasteiger partial charge is 0.460 e. The Bertz CT molecular complexity index is 298. The van der Waals surface area contributed by atoms with E-state index in [4.69, 9.17) is 0 Å². The Morgan fingerprint density at radius 2 is 0.944 bits per heavy atom. The van der Waals surface area contributed by atoms with Crippen LogP contribution in [0.25, 0.3) is 0 Å². The fourth-order valence-corrected chi connectivity index (χ4v) is 0.730. The lowest BCUT2D eigenvalue weighted by Crippen LogP contribution is -2.62. The molecule has 0 fully saturated rings. The van der Waals surface area contributed by atoms with Crippen LogP contribution in [-0.2, 0) is 4.74 Å². The Kier molecular flexibility index (Phi) is 3.97. The average Bonchev–Trinajstić information content (AvgIpc) is 1.95. The second-order valence-electron chi connectivity index (χ2n) is 3.63. The SMILES string of the molecule is CC(C)(F)OC(F)(F)C(F)(F)C(F)(F)C(F)(F)F. The minimum absolute atomic E-state index is 0.128. The summed E-state index contributed by atoms with van der Waals surface area (Å²) in [6.45, 7) is 0.255. The molecule has 0 bridgehead atoms. The van der Waals surface area contributed by atoms with Crippen LogP contribution in [0.15, 0.2) is 0 Å². The number of ether oxygens (including phenoxy) is 1. The van der Waals surface area contributed by atoms with E-state index in [-0.39, 0.29) is 13.8 Å². The first kappa shape index (κ1) is 17.3. The van der Waals surface area contributed by atoms with Gasteiger partial charge in [0.25, 0.3) is 0 Å². The smallest absolute Gasteiger partial charge is 0.279 e. The summed E-state index contributed by atoms with van der Waals surface area (Å²) in [5.74, 6) is -17.6. The zero-order valence-corrected chi connectivity index (χ0v) is 8.69. The molecule has 0 saturated carbocycles. The molecule has 0 amide bonds. The van der Waals surface area contributed by atoms with E-state index in [1.54, 1.807) is 0 Å². The van der Waals surface area contributed by atoms with E-state index in [1.165, 1.54) is 0 Å². The molecule has 0 spiro atoms. The van der Waals surface area contributed by atoms with E-state index in [0.717, 1.165) is 0 Å². The van der Waals surface area contributed by atoms with Gasteiger partial charge in [0.15, 0.2) is 0 Å². The van der Waals surface area contributed by atoms with Crippen LogP contribution in [0.3, 0.4) is 0 Å². The third-order valence-corrected chi connectivity index (χ3v) is 1.49. The van der Waals surface area contributed by atoms with E-state index in [9.17, 15) is 43.9 Å². The number of alkyl halides is 10. The van der Waals surface area contributed by atoms with Crippen LogP contribution in [0.2, 0.25) is 0 Å². The molecule has 18 heavy (non-hydrogen) atoms. The number of rotatable bonds is 4. The summed E-state index contributed by atoms with van der Waals surface area (Å²) in [4.78, 5) is 0. The van der Waals surface area contributed by atoms with Crippen molar-refractivity contribution in [2.45, 2.75) is 43.8 Å². The van der Waals surface area contributed by atoms with E-state index >= 15 is 0 Å². The van der Waals surface area contributed by atoms with Gasteiger partial charge >= 0.3 is 24.1 Å². The number of hydrogen-bond donors (Lipinski definition) is 0. The van der Waals surface area contributed by atoms with Crippen molar-refractivity contribution in [3.05, 3.63) is 0 Å².